The highest BCUT2D eigenvalue weighted by atomic mass is 32.2. The van der Waals surface area contributed by atoms with Crippen LogP contribution in [0.25, 0.3) is 11.0 Å². The molecule has 0 spiro atoms. The Morgan fingerprint density at radius 2 is 1.92 bits per heavy atom. The number of piperidine rings is 1. The van der Waals surface area contributed by atoms with Crippen molar-refractivity contribution in [3.05, 3.63) is 30.5 Å². The molecule has 37 heavy (non-hydrogen) atoms. The summed E-state index contributed by atoms with van der Waals surface area (Å²) in [5.41, 5.74) is 1.29. The van der Waals surface area contributed by atoms with Crippen molar-refractivity contribution in [2.75, 3.05) is 63.7 Å². The van der Waals surface area contributed by atoms with Crippen molar-refractivity contribution >= 4 is 38.5 Å². The summed E-state index contributed by atoms with van der Waals surface area (Å²) < 4.78 is 39.5. The molecule has 0 bridgehead atoms. The van der Waals surface area contributed by atoms with Crippen LogP contribution in [0.2, 0.25) is 0 Å². The van der Waals surface area contributed by atoms with Gasteiger partial charge in [0.15, 0.2) is 0 Å². The van der Waals surface area contributed by atoms with Gasteiger partial charge in [0.2, 0.25) is 16.0 Å². The van der Waals surface area contributed by atoms with Crippen LogP contribution in [0.15, 0.2) is 35.4 Å². The molecule has 0 atom stereocenters. The molecule has 11 nitrogen and oxygen atoms in total. The number of benzene rings is 1. The third-order valence-corrected chi connectivity index (χ3v) is 8.90. The SMILES string of the molecule is CCCNc1nc(Nc2ccc(S(=O)(=O)N3CCC(N4CCOCC4)CC3)cc2OC)nc2[nH]ccc12. The van der Waals surface area contributed by atoms with Crippen LogP contribution in [0, 0.1) is 0 Å². The second-order valence-corrected chi connectivity index (χ2v) is 11.3. The summed E-state index contributed by atoms with van der Waals surface area (Å²) in [4.78, 5) is 14.9. The molecule has 2 aromatic heterocycles. The van der Waals surface area contributed by atoms with Crippen LogP contribution in [0.5, 0.6) is 5.75 Å². The zero-order valence-corrected chi connectivity index (χ0v) is 22.2. The molecule has 0 unspecified atom stereocenters. The third-order valence-electron chi connectivity index (χ3n) is 7.00. The Hall–Kier alpha value is -2.93. The molecule has 4 heterocycles. The minimum Gasteiger partial charge on any atom is -0.495 e. The van der Waals surface area contributed by atoms with Crippen LogP contribution in [-0.2, 0) is 14.8 Å². The average Bonchev–Trinajstić information content (AvgIpc) is 3.41. The molecule has 2 saturated heterocycles. The molecular formula is C25H35N7O4S. The zero-order chi connectivity index (χ0) is 25.8. The first kappa shape index (κ1) is 25.7. The summed E-state index contributed by atoms with van der Waals surface area (Å²) in [6, 6.07) is 7.21. The number of nitrogens with zero attached hydrogens (tertiary/aromatic N) is 4. The minimum absolute atomic E-state index is 0.214. The Labute approximate surface area is 217 Å². The van der Waals surface area contributed by atoms with E-state index in [0.29, 0.717) is 42.2 Å². The van der Waals surface area contributed by atoms with Crippen molar-refractivity contribution in [1.82, 2.24) is 24.2 Å². The van der Waals surface area contributed by atoms with Crippen LogP contribution in [-0.4, -0.2) is 91.7 Å². The van der Waals surface area contributed by atoms with Crippen molar-refractivity contribution in [3.8, 4) is 5.75 Å². The van der Waals surface area contributed by atoms with Gasteiger partial charge in [0.25, 0.3) is 0 Å². The van der Waals surface area contributed by atoms with E-state index in [1.807, 2.05) is 12.3 Å². The van der Waals surface area contributed by atoms with Gasteiger partial charge in [-0.05, 0) is 37.5 Å². The van der Waals surface area contributed by atoms with Crippen LogP contribution >= 0.6 is 0 Å². The van der Waals surface area contributed by atoms with Gasteiger partial charge in [0.05, 0.1) is 36.3 Å². The maximum absolute atomic E-state index is 13.4. The summed E-state index contributed by atoms with van der Waals surface area (Å²) in [6.45, 7) is 7.22. The molecule has 3 N–H and O–H groups in total. The van der Waals surface area contributed by atoms with E-state index < -0.39 is 10.0 Å². The van der Waals surface area contributed by atoms with E-state index in [-0.39, 0.29) is 4.90 Å². The first-order chi connectivity index (χ1) is 18.0. The fraction of sp³-hybridized carbons (Fsp3) is 0.520. The lowest BCUT2D eigenvalue weighted by Crippen LogP contribution is -2.50. The van der Waals surface area contributed by atoms with E-state index in [1.165, 1.54) is 7.11 Å². The molecule has 0 saturated carbocycles. The molecule has 0 aliphatic carbocycles. The Kier molecular flexibility index (Phi) is 7.79. The third kappa shape index (κ3) is 5.52. The van der Waals surface area contributed by atoms with Gasteiger partial charge < -0.3 is 25.1 Å². The Morgan fingerprint density at radius 1 is 1.14 bits per heavy atom. The molecule has 12 heteroatoms. The van der Waals surface area contributed by atoms with Crippen molar-refractivity contribution in [3.63, 3.8) is 0 Å². The van der Waals surface area contributed by atoms with Gasteiger partial charge in [-0.25, -0.2) is 8.42 Å². The summed E-state index contributed by atoms with van der Waals surface area (Å²) in [5, 5.41) is 7.43. The normalized spacial score (nSPS) is 18.2. The monoisotopic (exact) mass is 529 g/mol. The van der Waals surface area contributed by atoms with Crippen molar-refractivity contribution < 1.29 is 17.9 Å². The lowest BCUT2D eigenvalue weighted by atomic mass is 10.0. The maximum Gasteiger partial charge on any atom is 0.243 e. The molecule has 2 fully saturated rings. The number of nitrogens with one attached hydrogen (secondary N) is 3. The fourth-order valence-corrected chi connectivity index (χ4v) is 6.46. The fourth-order valence-electron chi connectivity index (χ4n) is 4.97. The summed E-state index contributed by atoms with van der Waals surface area (Å²) >= 11 is 0. The molecule has 2 aliphatic heterocycles. The van der Waals surface area contributed by atoms with E-state index in [0.717, 1.165) is 63.3 Å². The number of hydrogen-bond acceptors (Lipinski definition) is 9. The molecule has 2 aliphatic rings. The molecule has 200 valence electrons. The van der Waals surface area contributed by atoms with Gasteiger partial charge >= 0.3 is 0 Å². The number of H-pyrrole nitrogens is 1. The predicted octanol–water partition coefficient (Wildman–Crippen LogP) is 3.02. The number of methoxy groups -OCH3 is 1. The smallest absolute Gasteiger partial charge is 0.243 e. The minimum atomic E-state index is -3.64. The van der Waals surface area contributed by atoms with Crippen molar-refractivity contribution in [1.29, 1.82) is 0 Å². The first-order valence-electron chi connectivity index (χ1n) is 12.9. The Morgan fingerprint density at radius 3 is 2.65 bits per heavy atom. The maximum atomic E-state index is 13.4. The molecule has 3 aromatic rings. The summed E-state index contributed by atoms with van der Waals surface area (Å²) in [5.74, 6) is 1.52. The van der Waals surface area contributed by atoms with Gasteiger partial charge in [0, 0.05) is 51.0 Å². The zero-order valence-electron chi connectivity index (χ0n) is 21.4. The predicted molar refractivity (Wildman–Crippen MR) is 143 cm³/mol. The van der Waals surface area contributed by atoms with Gasteiger partial charge in [-0.2, -0.15) is 14.3 Å². The highest BCUT2D eigenvalue weighted by Gasteiger charge is 2.32. The largest absolute Gasteiger partial charge is 0.495 e. The Bertz CT molecular complexity index is 1320. The van der Waals surface area contributed by atoms with Gasteiger partial charge in [-0.15, -0.1) is 0 Å². The molecular weight excluding hydrogens is 494 g/mol. The highest BCUT2D eigenvalue weighted by Crippen LogP contribution is 2.33. The molecule has 0 amide bonds. The number of morpholine rings is 1. The Balaban J connectivity index is 1.32. The second-order valence-electron chi connectivity index (χ2n) is 9.33. The second kappa shape index (κ2) is 11.2. The molecule has 0 radical (unpaired) electrons. The summed E-state index contributed by atoms with van der Waals surface area (Å²) in [7, 11) is -2.12. The number of aromatic amines is 1. The number of rotatable bonds is 9. The van der Waals surface area contributed by atoms with Crippen LogP contribution in [0.1, 0.15) is 26.2 Å². The average molecular weight is 530 g/mol. The van der Waals surface area contributed by atoms with Crippen LogP contribution < -0.4 is 15.4 Å². The topological polar surface area (TPSA) is 125 Å². The quantitative estimate of drug-likeness (QED) is 0.384. The van der Waals surface area contributed by atoms with Gasteiger partial charge in [-0.3, -0.25) is 4.90 Å². The van der Waals surface area contributed by atoms with Crippen LogP contribution in [0.3, 0.4) is 0 Å². The number of ether oxygens (including phenoxy) is 2. The molecule has 1 aromatic carbocycles. The van der Waals surface area contributed by atoms with Crippen molar-refractivity contribution in [2.24, 2.45) is 0 Å². The lowest BCUT2D eigenvalue weighted by Gasteiger charge is -2.39. The first-order valence-corrected chi connectivity index (χ1v) is 14.3. The van der Waals surface area contributed by atoms with E-state index in [1.54, 1.807) is 22.5 Å². The standard InChI is InChI=1S/C25H35N7O4S/c1-3-9-26-23-20-6-10-27-24(20)30-25(29-23)28-21-5-4-19(17-22(21)35-2)37(33,34)32-11-7-18(8-12-32)31-13-15-36-16-14-31/h4-6,10,17-18H,3,7-9,11-16H2,1-2H3,(H3,26,27,28,29,30). The number of aromatic nitrogens is 3. The van der Waals surface area contributed by atoms with Crippen molar-refractivity contribution in [2.45, 2.75) is 37.1 Å². The number of sulfonamides is 1. The van der Waals surface area contributed by atoms with Gasteiger partial charge in [-0.1, -0.05) is 6.92 Å². The molecule has 5 rings (SSSR count). The number of hydrogen-bond donors (Lipinski definition) is 3. The summed E-state index contributed by atoms with van der Waals surface area (Å²) in [6.07, 6.45) is 4.43. The van der Waals surface area contributed by atoms with E-state index >= 15 is 0 Å². The highest BCUT2D eigenvalue weighted by molar-refractivity contribution is 7.89. The van der Waals surface area contributed by atoms with Crippen LogP contribution in [0.4, 0.5) is 17.5 Å². The number of fused-ring (bicyclic) bond motifs is 1. The van der Waals surface area contributed by atoms with E-state index in [4.69, 9.17) is 9.47 Å². The lowest BCUT2D eigenvalue weighted by molar-refractivity contribution is 0.00610. The van der Waals surface area contributed by atoms with E-state index in [2.05, 4.69) is 37.4 Å². The van der Waals surface area contributed by atoms with E-state index in [9.17, 15) is 8.42 Å². The van der Waals surface area contributed by atoms with Gasteiger partial charge in [0.1, 0.15) is 17.2 Å². The number of anilines is 3.